The van der Waals surface area contributed by atoms with E-state index in [0.717, 1.165) is 24.3 Å². The lowest BCUT2D eigenvalue weighted by Crippen LogP contribution is -2.05. The Hall–Kier alpha value is -2.80. The summed E-state index contributed by atoms with van der Waals surface area (Å²) in [7, 11) is -9.57. The third-order valence-electron chi connectivity index (χ3n) is 3.24. The minimum atomic E-state index is -4.94. The second-order valence-electron chi connectivity index (χ2n) is 5.03. The van der Waals surface area contributed by atoms with E-state index in [1.54, 1.807) is 0 Å². The first-order valence-electron chi connectivity index (χ1n) is 6.71. The van der Waals surface area contributed by atoms with E-state index in [1.165, 1.54) is 24.3 Å². The second-order valence-corrected chi connectivity index (χ2v) is 7.78. The van der Waals surface area contributed by atoms with Crippen molar-refractivity contribution in [2.75, 3.05) is 5.73 Å². The zero-order valence-electron chi connectivity index (χ0n) is 12.8. The summed E-state index contributed by atoms with van der Waals surface area (Å²) in [5.41, 5.74) is 4.40. The summed E-state index contributed by atoms with van der Waals surface area (Å²) in [5.74, 6) is 0. The average Bonchev–Trinajstić information content (AvgIpc) is 2.51. The van der Waals surface area contributed by atoms with Crippen LogP contribution in [0.25, 0.3) is 12.2 Å². The van der Waals surface area contributed by atoms with Crippen molar-refractivity contribution in [1.82, 2.24) is 0 Å². The molecule has 2 rings (SSSR count). The van der Waals surface area contributed by atoms with Crippen molar-refractivity contribution in [2.45, 2.75) is 9.79 Å². The van der Waals surface area contributed by atoms with Crippen LogP contribution < -0.4 is 5.73 Å². The summed E-state index contributed by atoms with van der Waals surface area (Å²) in [6, 6.07) is 6.85. The van der Waals surface area contributed by atoms with Crippen molar-refractivity contribution < 1.29 is 30.9 Å². The standard InChI is InChI=1S/C14H12N2O8S2/c15-11-7-6-9(13(8-11)25(19,20)21)4-5-10-2-1-3-12(16(17)18)14(10)26(22,23)24/h1-8H,15H2,(H,19,20,21)(H,22,23,24). The first kappa shape index (κ1) is 19.5. The van der Waals surface area contributed by atoms with Crippen LogP contribution >= 0.6 is 0 Å². The van der Waals surface area contributed by atoms with Gasteiger partial charge in [-0.15, -0.1) is 0 Å². The van der Waals surface area contributed by atoms with Gasteiger partial charge in [0.2, 0.25) is 0 Å². The molecule has 0 saturated carbocycles. The monoisotopic (exact) mass is 400 g/mol. The molecule has 0 aliphatic carbocycles. The fourth-order valence-corrected chi connectivity index (χ4v) is 3.75. The van der Waals surface area contributed by atoms with Crippen LogP contribution in [0.1, 0.15) is 11.1 Å². The van der Waals surface area contributed by atoms with Gasteiger partial charge < -0.3 is 5.73 Å². The maximum atomic E-state index is 11.5. The van der Waals surface area contributed by atoms with E-state index in [4.69, 9.17) is 5.73 Å². The van der Waals surface area contributed by atoms with Crippen LogP contribution in [-0.2, 0) is 20.2 Å². The number of hydrogen-bond donors (Lipinski definition) is 3. The van der Waals surface area contributed by atoms with Gasteiger partial charge in [-0.05, 0) is 17.7 Å². The molecule has 2 aromatic carbocycles. The first-order valence-corrected chi connectivity index (χ1v) is 9.59. The summed E-state index contributed by atoms with van der Waals surface area (Å²) in [6.07, 6.45) is 2.16. The number of rotatable bonds is 5. The van der Waals surface area contributed by atoms with Crippen molar-refractivity contribution >= 4 is 43.8 Å². The Bertz CT molecular complexity index is 1120. The summed E-state index contributed by atoms with van der Waals surface area (Å²) in [4.78, 5) is 8.54. The number of nitro groups is 1. The summed E-state index contributed by atoms with van der Waals surface area (Å²) in [5, 5.41) is 11.0. The SMILES string of the molecule is Nc1ccc(C=Cc2cccc([N+](=O)[O-])c2S(=O)(=O)O)c(S(=O)(=O)O)c1. The fourth-order valence-electron chi connectivity index (χ4n) is 2.19. The fraction of sp³-hybridized carbons (Fsp3) is 0. The molecule has 0 aliphatic heterocycles. The van der Waals surface area contributed by atoms with Gasteiger partial charge in [-0.2, -0.15) is 16.8 Å². The van der Waals surface area contributed by atoms with Gasteiger partial charge in [0.15, 0.2) is 4.90 Å². The lowest BCUT2D eigenvalue weighted by atomic mass is 10.1. The zero-order chi connectivity index (χ0) is 19.7. The molecule has 138 valence electrons. The molecule has 4 N–H and O–H groups in total. The molecular weight excluding hydrogens is 388 g/mol. The quantitative estimate of drug-likeness (QED) is 0.222. The second kappa shape index (κ2) is 6.84. The maximum Gasteiger partial charge on any atom is 0.302 e. The highest BCUT2D eigenvalue weighted by Gasteiger charge is 2.26. The molecule has 0 unspecified atom stereocenters. The maximum absolute atomic E-state index is 11.5. The minimum Gasteiger partial charge on any atom is -0.399 e. The molecule has 0 heterocycles. The van der Waals surface area contributed by atoms with Gasteiger partial charge in [0.1, 0.15) is 4.90 Å². The van der Waals surface area contributed by atoms with Crippen molar-refractivity contribution in [3.05, 3.63) is 57.6 Å². The topological polar surface area (TPSA) is 178 Å². The minimum absolute atomic E-state index is 0.0468. The molecule has 0 aliphatic rings. The Morgan fingerprint density at radius 2 is 1.58 bits per heavy atom. The van der Waals surface area contributed by atoms with Crippen LogP contribution in [-0.4, -0.2) is 30.9 Å². The number of anilines is 1. The number of nitrogen functional groups attached to an aromatic ring is 1. The van der Waals surface area contributed by atoms with Gasteiger partial charge in [-0.25, -0.2) is 0 Å². The molecular formula is C14H12N2O8S2. The summed E-state index contributed by atoms with van der Waals surface area (Å²) in [6.45, 7) is 0. The zero-order valence-corrected chi connectivity index (χ0v) is 14.4. The largest absolute Gasteiger partial charge is 0.399 e. The van der Waals surface area contributed by atoms with Crippen LogP contribution in [0.5, 0.6) is 0 Å². The highest BCUT2D eigenvalue weighted by atomic mass is 32.2. The predicted molar refractivity (Wildman–Crippen MR) is 92.5 cm³/mol. The molecule has 0 spiro atoms. The summed E-state index contributed by atoms with van der Waals surface area (Å²) >= 11 is 0. The molecule has 0 aromatic heterocycles. The van der Waals surface area contributed by atoms with Crippen LogP contribution in [0.15, 0.2) is 46.2 Å². The lowest BCUT2D eigenvalue weighted by Gasteiger charge is -2.06. The van der Waals surface area contributed by atoms with Gasteiger partial charge in [-0.1, -0.05) is 30.4 Å². The van der Waals surface area contributed by atoms with E-state index >= 15 is 0 Å². The molecule has 10 nitrogen and oxygen atoms in total. The van der Waals surface area contributed by atoms with E-state index in [1.807, 2.05) is 0 Å². The average molecular weight is 400 g/mol. The molecule has 0 amide bonds. The van der Waals surface area contributed by atoms with Crippen molar-refractivity contribution in [3.8, 4) is 0 Å². The molecule has 0 radical (unpaired) electrons. The Morgan fingerprint density at radius 3 is 2.12 bits per heavy atom. The van der Waals surface area contributed by atoms with Crippen LogP contribution in [0.3, 0.4) is 0 Å². The third kappa shape index (κ3) is 4.23. The Kier molecular flexibility index (Phi) is 5.13. The smallest absolute Gasteiger partial charge is 0.302 e. The number of nitrogens with two attached hydrogens (primary N) is 1. The molecule has 26 heavy (non-hydrogen) atoms. The first-order chi connectivity index (χ1) is 11.9. The van der Waals surface area contributed by atoms with E-state index in [9.17, 15) is 36.1 Å². The normalized spacial score (nSPS) is 12.4. The van der Waals surface area contributed by atoms with E-state index in [2.05, 4.69) is 0 Å². The lowest BCUT2D eigenvalue weighted by molar-refractivity contribution is -0.387. The van der Waals surface area contributed by atoms with Crippen LogP contribution in [0, 0.1) is 10.1 Å². The summed E-state index contributed by atoms with van der Waals surface area (Å²) < 4.78 is 64.5. The molecule has 0 atom stereocenters. The number of nitrogens with zero attached hydrogens (tertiary/aromatic N) is 1. The molecule has 0 saturated heterocycles. The Morgan fingerprint density at radius 1 is 0.962 bits per heavy atom. The molecule has 0 bridgehead atoms. The number of benzene rings is 2. The van der Waals surface area contributed by atoms with Crippen molar-refractivity contribution in [2.24, 2.45) is 0 Å². The van der Waals surface area contributed by atoms with Crippen molar-refractivity contribution in [1.29, 1.82) is 0 Å². The Labute approximate surface area is 148 Å². The highest BCUT2D eigenvalue weighted by molar-refractivity contribution is 7.86. The van der Waals surface area contributed by atoms with Gasteiger partial charge in [-0.3, -0.25) is 19.2 Å². The van der Waals surface area contributed by atoms with Crippen LogP contribution in [0.4, 0.5) is 11.4 Å². The van der Waals surface area contributed by atoms with E-state index in [0.29, 0.717) is 0 Å². The van der Waals surface area contributed by atoms with Gasteiger partial charge in [0.25, 0.3) is 15.8 Å². The van der Waals surface area contributed by atoms with E-state index < -0.39 is 40.6 Å². The van der Waals surface area contributed by atoms with Crippen molar-refractivity contribution in [3.63, 3.8) is 0 Å². The third-order valence-corrected chi connectivity index (χ3v) is 5.11. The van der Waals surface area contributed by atoms with Gasteiger partial charge in [0, 0.05) is 17.3 Å². The highest BCUT2D eigenvalue weighted by Crippen LogP contribution is 2.29. The van der Waals surface area contributed by atoms with Gasteiger partial charge >= 0.3 is 10.1 Å². The van der Waals surface area contributed by atoms with Gasteiger partial charge in [0.05, 0.1) is 4.92 Å². The Balaban J connectivity index is 2.68. The van der Waals surface area contributed by atoms with E-state index in [-0.39, 0.29) is 16.8 Å². The van der Waals surface area contributed by atoms with Crippen LogP contribution in [0.2, 0.25) is 0 Å². The molecule has 12 heteroatoms. The molecule has 2 aromatic rings. The molecule has 0 fully saturated rings. The number of hydrogen-bond acceptors (Lipinski definition) is 7. The predicted octanol–water partition coefficient (Wildman–Crippen LogP) is 1.84. The number of nitro benzene ring substituents is 1.